The minimum absolute atomic E-state index is 0.0110. The van der Waals surface area contributed by atoms with Gasteiger partial charge in [0.25, 0.3) is 17.2 Å². The van der Waals surface area contributed by atoms with Crippen LogP contribution in [0.5, 0.6) is 11.6 Å². The maximum absolute atomic E-state index is 14.9. The Morgan fingerprint density at radius 3 is 2.26 bits per heavy atom. The van der Waals surface area contributed by atoms with Crippen LogP contribution in [0.1, 0.15) is 109 Å². The van der Waals surface area contributed by atoms with Crippen molar-refractivity contribution in [1.29, 1.82) is 0 Å². The average molecular weight is 796 g/mol. The maximum atomic E-state index is 14.9. The second-order valence-electron chi connectivity index (χ2n) is 15.7. The number of anilines is 1. The van der Waals surface area contributed by atoms with E-state index in [1.165, 1.54) is 30.2 Å². The van der Waals surface area contributed by atoms with Gasteiger partial charge in [-0.25, -0.2) is 14.3 Å². The number of hydrogen-bond donors (Lipinski definition) is 2. The first-order chi connectivity index (χ1) is 27.9. The molecule has 2 N–H and O–H groups in total. The molecule has 13 nitrogen and oxygen atoms in total. The third-order valence-electron chi connectivity index (χ3n) is 11.1. The zero-order valence-corrected chi connectivity index (χ0v) is 34.5. The Balaban J connectivity index is 1.74. The van der Waals surface area contributed by atoms with Crippen molar-refractivity contribution in [2.45, 2.75) is 111 Å². The summed E-state index contributed by atoms with van der Waals surface area (Å²) in [4.78, 5) is 60.0. The summed E-state index contributed by atoms with van der Waals surface area (Å²) in [6, 6.07) is 16.1. The first-order valence-electron chi connectivity index (χ1n) is 20.5. The van der Waals surface area contributed by atoms with Gasteiger partial charge in [-0.05, 0) is 55.7 Å². The molecule has 3 aromatic carbocycles. The van der Waals surface area contributed by atoms with Gasteiger partial charge in [-0.1, -0.05) is 122 Å². The van der Waals surface area contributed by atoms with Gasteiger partial charge in [0.15, 0.2) is 11.8 Å². The van der Waals surface area contributed by atoms with Crippen molar-refractivity contribution < 1.29 is 24.0 Å². The number of aromatic hydroxyl groups is 1. The Morgan fingerprint density at radius 1 is 0.931 bits per heavy atom. The molecule has 13 heteroatoms. The molecule has 310 valence electrons. The molecule has 4 unspecified atom stereocenters. The van der Waals surface area contributed by atoms with E-state index in [0.717, 1.165) is 62.4 Å². The predicted molar refractivity (Wildman–Crippen MR) is 227 cm³/mol. The first-order valence-corrected chi connectivity index (χ1v) is 20.5. The van der Waals surface area contributed by atoms with Crippen molar-refractivity contribution >= 4 is 28.2 Å². The van der Waals surface area contributed by atoms with Crippen molar-refractivity contribution in [2.24, 2.45) is 17.8 Å². The summed E-state index contributed by atoms with van der Waals surface area (Å²) in [6.07, 6.45) is 10.1. The molecular formula is C45H57N5O8. The van der Waals surface area contributed by atoms with E-state index in [-0.39, 0.29) is 51.9 Å². The summed E-state index contributed by atoms with van der Waals surface area (Å²) in [5, 5.41) is 26.9. The van der Waals surface area contributed by atoms with Crippen molar-refractivity contribution in [3.8, 4) is 23.0 Å². The zero-order valence-electron chi connectivity index (χ0n) is 34.5. The highest BCUT2D eigenvalue weighted by Gasteiger charge is 2.36. The average Bonchev–Trinajstić information content (AvgIpc) is 3.49. The fourth-order valence-electron chi connectivity index (χ4n) is 7.95. The van der Waals surface area contributed by atoms with Gasteiger partial charge in [-0.3, -0.25) is 24.3 Å². The zero-order chi connectivity index (χ0) is 41.9. The van der Waals surface area contributed by atoms with E-state index in [4.69, 9.17) is 14.1 Å². The van der Waals surface area contributed by atoms with Crippen molar-refractivity contribution in [3.05, 3.63) is 109 Å². The SMILES string of the molecule is CCCC(C)CCCCC(CCC(C)CCC)Cn1c(C(C(=O)Nc2ccccc2OC)n2c(O)c(-c3ccccc3)oc2=O)nc2cc([N+](=O)[O-])c(C)cc2c1=O. The van der Waals surface area contributed by atoms with E-state index in [1.54, 1.807) is 61.5 Å². The number of aryl methyl sites for hydroxylation is 1. The summed E-state index contributed by atoms with van der Waals surface area (Å²) in [5.41, 5.74) is 0.123. The number of nitro benzene ring substituents is 1. The lowest BCUT2D eigenvalue weighted by atomic mass is 9.89. The molecule has 0 aliphatic carbocycles. The number of aromatic nitrogens is 3. The van der Waals surface area contributed by atoms with E-state index < -0.39 is 34.1 Å². The molecule has 0 saturated heterocycles. The van der Waals surface area contributed by atoms with Gasteiger partial charge in [0.05, 0.1) is 28.6 Å². The number of carbonyl (C=O) groups excluding carboxylic acids is 1. The van der Waals surface area contributed by atoms with E-state index >= 15 is 0 Å². The van der Waals surface area contributed by atoms with E-state index in [9.17, 15) is 29.6 Å². The van der Waals surface area contributed by atoms with Crippen LogP contribution in [0, 0.1) is 34.8 Å². The van der Waals surface area contributed by atoms with Crippen LogP contribution in [0.25, 0.3) is 22.2 Å². The first kappa shape index (κ1) is 43.4. The third-order valence-corrected chi connectivity index (χ3v) is 11.1. The lowest BCUT2D eigenvalue weighted by Gasteiger charge is -2.26. The number of hydrogen-bond acceptors (Lipinski definition) is 9. The highest BCUT2D eigenvalue weighted by Crippen LogP contribution is 2.35. The summed E-state index contributed by atoms with van der Waals surface area (Å²) in [6.45, 7) is 10.6. The summed E-state index contributed by atoms with van der Waals surface area (Å²) in [7, 11) is 1.45. The number of nitrogens with one attached hydrogen (secondary N) is 1. The number of benzene rings is 3. The van der Waals surface area contributed by atoms with Crippen LogP contribution in [0.3, 0.4) is 0 Å². The van der Waals surface area contributed by atoms with Crippen LogP contribution in [0.15, 0.2) is 80.7 Å². The molecule has 5 aromatic rings. The molecule has 2 aromatic heterocycles. The lowest BCUT2D eigenvalue weighted by Crippen LogP contribution is -2.39. The number of fused-ring (bicyclic) bond motifs is 1. The highest BCUT2D eigenvalue weighted by atomic mass is 16.6. The Kier molecular flexibility index (Phi) is 15.1. The van der Waals surface area contributed by atoms with Gasteiger partial charge < -0.3 is 19.6 Å². The molecule has 0 aliphatic rings. The van der Waals surface area contributed by atoms with E-state index in [1.807, 2.05) is 0 Å². The van der Waals surface area contributed by atoms with Crippen molar-refractivity contribution in [2.75, 3.05) is 12.4 Å². The van der Waals surface area contributed by atoms with Crippen LogP contribution in [0.2, 0.25) is 0 Å². The van der Waals surface area contributed by atoms with Gasteiger partial charge in [0, 0.05) is 23.7 Å². The highest BCUT2D eigenvalue weighted by molar-refractivity contribution is 5.97. The van der Waals surface area contributed by atoms with Crippen molar-refractivity contribution in [1.82, 2.24) is 14.1 Å². The topological polar surface area (TPSA) is 172 Å². The number of nitro groups is 1. The molecule has 2 heterocycles. The molecule has 4 atom stereocenters. The number of para-hydroxylation sites is 2. The second kappa shape index (κ2) is 20.1. The predicted octanol–water partition coefficient (Wildman–Crippen LogP) is 9.81. The van der Waals surface area contributed by atoms with Crippen LogP contribution in [-0.2, 0) is 11.3 Å². The quantitative estimate of drug-likeness (QED) is 0.0417. The van der Waals surface area contributed by atoms with Crippen LogP contribution < -0.4 is 21.4 Å². The molecule has 0 spiro atoms. The Morgan fingerprint density at radius 2 is 1.59 bits per heavy atom. The fraction of sp³-hybridized carbons (Fsp3) is 0.467. The van der Waals surface area contributed by atoms with Crippen LogP contribution >= 0.6 is 0 Å². The lowest BCUT2D eigenvalue weighted by molar-refractivity contribution is -0.385. The number of methoxy groups -OCH3 is 1. The number of rotatable bonds is 21. The normalized spacial score (nSPS) is 13.6. The van der Waals surface area contributed by atoms with Crippen molar-refractivity contribution in [3.63, 3.8) is 0 Å². The molecule has 0 radical (unpaired) electrons. The maximum Gasteiger partial charge on any atom is 0.423 e. The van der Waals surface area contributed by atoms with Gasteiger partial charge in [-0.2, -0.15) is 0 Å². The van der Waals surface area contributed by atoms with Gasteiger partial charge in [-0.15, -0.1) is 0 Å². The Labute approximate surface area is 339 Å². The molecule has 0 fully saturated rings. The molecule has 0 saturated carbocycles. The third kappa shape index (κ3) is 10.2. The Bertz CT molecular complexity index is 2300. The Hall–Kier alpha value is -5.72. The summed E-state index contributed by atoms with van der Waals surface area (Å²) >= 11 is 0. The number of oxazole rings is 1. The standard InChI is InChI=1S/C45H57N5O8/c1-7-16-29(3)18-12-13-19-32(25-24-30(4)17-8-2)28-48-41(46-36-27-37(50(55)56)31(5)26-34(36)43(48)52)39(42(51)47-35-22-14-15-23-38(35)57-6)49-44(53)40(58-45(49)54)33-20-10-9-11-21-33/h9-11,14-15,20-23,26-27,29-30,32,39,53H,7-8,12-13,16-19,24-25,28H2,1-6H3,(H,47,51). The van der Waals surface area contributed by atoms with Gasteiger partial charge >= 0.3 is 5.76 Å². The van der Waals surface area contributed by atoms with Crippen LogP contribution in [0.4, 0.5) is 11.4 Å². The largest absolute Gasteiger partial charge is 0.495 e. The van der Waals surface area contributed by atoms with Crippen LogP contribution in [-0.4, -0.2) is 37.2 Å². The molecule has 1 amide bonds. The fourth-order valence-corrected chi connectivity index (χ4v) is 7.95. The number of carbonyl (C=O) groups is 1. The molecule has 0 aliphatic heterocycles. The number of nitrogens with zero attached hydrogens (tertiary/aromatic N) is 4. The molecule has 0 bridgehead atoms. The monoisotopic (exact) mass is 795 g/mol. The minimum atomic E-state index is -1.77. The second-order valence-corrected chi connectivity index (χ2v) is 15.7. The number of unbranched alkanes of at least 4 members (excludes halogenated alkanes) is 1. The summed E-state index contributed by atoms with van der Waals surface area (Å²) in [5.74, 6) is -1.52. The number of ether oxygens (including phenoxy) is 1. The molecular weight excluding hydrogens is 739 g/mol. The summed E-state index contributed by atoms with van der Waals surface area (Å²) < 4.78 is 13.3. The van der Waals surface area contributed by atoms with E-state index in [0.29, 0.717) is 23.1 Å². The van der Waals surface area contributed by atoms with Gasteiger partial charge in [0.1, 0.15) is 11.6 Å². The number of amides is 1. The van der Waals surface area contributed by atoms with Gasteiger partial charge in [0.2, 0.25) is 5.88 Å². The molecule has 5 rings (SSSR count). The van der Waals surface area contributed by atoms with E-state index in [2.05, 4.69) is 33.0 Å². The molecule has 58 heavy (non-hydrogen) atoms. The smallest absolute Gasteiger partial charge is 0.423 e. The minimum Gasteiger partial charge on any atom is -0.495 e.